The average molecular weight is 319 g/mol. The van der Waals surface area contributed by atoms with Crippen LogP contribution in [0.15, 0.2) is 18.3 Å². The van der Waals surface area contributed by atoms with Gasteiger partial charge in [-0.25, -0.2) is 4.79 Å². The summed E-state index contributed by atoms with van der Waals surface area (Å²) in [6.45, 7) is 0. The first-order valence-electron chi connectivity index (χ1n) is 6.36. The SMILES string of the molecule is COC(=O)c1cc(OC)c([N+](=O)[O-])cc1-c1cnn(C)c1C=O. The highest BCUT2D eigenvalue weighted by Gasteiger charge is 2.25. The zero-order valence-corrected chi connectivity index (χ0v) is 12.6. The van der Waals surface area contributed by atoms with Gasteiger partial charge in [0.2, 0.25) is 0 Å². The molecular weight excluding hydrogens is 306 g/mol. The first-order chi connectivity index (χ1) is 10.9. The molecule has 0 bridgehead atoms. The van der Waals surface area contributed by atoms with Crippen LogP contribution in [0.1, 0.15) is 20.8 Å². The molecule has 0 aliphatic carbocycles. The molecule has 0 radical (unpaired) electrons. The second-order valence-corrected chi connectivity index (χ2v) is 4.50. The van der Waals surface area contributed by atoms with Crippen molar-refractivity contribution in [2.45, 2.75) is 0 Å². The van der Waals surface area contributed by atoms with E-state index in [1.54, 1.807) is 7.05 Å². The minimum atomic E-state index is -0.714. The molecule has 0 amide bonds. The van der Waals surface area contributed by atoms with Crippen molar-refractivity contribution in [1.29, 1.82) is 0 Å². The maximum atomic E-state index is 12.0. The Kier molecular flexibility index (Phi) is 4.39. The monoisotopic (exact) mass is 319 g/mol. The zero-order chi connectivity index (χ0) is 17.1. The smallest absolute Gasteiger partial charge is 0.338 e. The van der Waals surface area contributed by atoms with E-state index in [1.807, 2.05) is 0 Å². The van der Waals surface area contributed by atoms with Crippen LogP contribution in [-0.2, 0) is 11.8 Å². The number of ether oxygens (including phenoxy) is 2. The Morgan fingerprint density at radius 3 is 2.57 bits per heavy atom. The number of carbonyl (C=O) groups is 2. The summed E-state index contributed by atoms with van der Waals surface area (Å²) in [5.74, 6) is -0.801. The molecule has 0 N–H and O–H groups in total. The standard InChI is InChI=1S/C14H13N3O6/c1-16-12(7-18)10(6-15-16)8-4-11(17(20)21)13(22-2)5-9(8)14(19)23-3/h4-7H,1-3H3. The lowest BCUT2D eigenvalue weighted by Crippen LogP contribution is -2.07. The third kappa shape index (κ3) is 2.76. The highest BCUT2D eigenvalue weighted by molar-refractivity contribution is 6.01. The number of aryl methyl sites for hydroxylation is 1. The highest BCUT2D eigenvalue weighted by Crippen LogP contribution is 2.36. The van der Waals surface area contributed by atoms with Gasteiger partial charge in [-0.15, -0.1) is 0 Å². The number of nitrogens with zero attached hydrogens (tertiary/aromatic N) is 3. The van der Waals surface area contributed by atoms with Crippen molar-refractivity contribution in [2.75, 3.05) is 14.2 Å². The number of methoxy groups -OCH3 is 2. The minimum Gasteiger partial charge on any atom is -0.490 e. The van der Waals surface area contributed by atoms with Gasteiger partial charge in [0.15, 0.2) is 12.0 Å². The maximum Gasteiger partial charge on any atom is 0.338 e. The quantitative estimate of drug-likeness (QED) is 0.356. The maximum absolute atomic E-state index is 12.0. The lowest BCUT2D eigenvalue weighted by molar-refractivity contribution is -0.385. The Labute approximate surface area is 130 Å². The van der Waals surface area contributed by atoms with Gasteiger partial charge >= 0.3 is 11.7 Å². The van der Waals surface area contributed by atoms with E-state index in [0.29, 0.717) is 6.29 Å². The Morgan fingerprint density at radius 2 is 2.04 bits per heavy atom. The number of carbonyl (C=O) groups excluding carboxylic acids is 2. The fourth-order valence-electron chi connectivity index (χ4n) is 2.17. The fraction of sp³-hybridized carbons (Fsp3) is 0.214. The van der Waals surface area contributed by atoms with Gasteiger partial charge in [-0.05, 0) is 0 Å². The molecule has 0 fully saturated rings. The molecule has 1 aromatic carbocycles. The molecule has 23 heavy (non-hydrogen) atoms. The van der Waals surface area contributed by atoms with Crippen molar-refractivity contribution in [3.8, 4) is 16.9 Å². The Hall–Kier alpha value is -3.23. The molecule has 0 unspecified atom stereocenters. The number of hydrogen-bond acceptors (Lipinski definition) is 7. The van der Waals surface area contributed by atoms with E-state index in [9.17, 15) is 19.7 Å². The Morgan fingerprint density at radius 1 is 1.35 bits per heavy atom. The molecule has 9 nitrogen and oxygen atoms in total. The third-order valence-corrected chi connectivity index (χ3v) is 3.31. The number of nitro benzene ring substituents is 1. The number of benzene rings is 1. The van der Waals surface area contributed by atoms with Crippen molar-refractivity contribution in [2.24, 2.45) is 7.05 Å². The largest absolute Gasteiger partial charge is 0.490 e. The summed E-state index contributed by atoms with van der Waals surface area (Å²) in [6.07, 6.45) is 1.90. The molecule has 0 spiro atoms. The summed E-state index contributed by atoms with van der Waals surface area (Å²) in [7, 11) is 3.98. The number of aromatic nitrogens is 2. The average Bonchev–Trinajstić information content (AvgIpc) is 2.93. The summed E-state index contributed by atoms with van der Waals surface area (Å²) in [4.78, 5) is 33.8. The highest BCUT2D eigenvalue weighted by atomic mass is 16.6. The van der Waals surface area contributed by atoms with Crippen molar-refractivity contribution in [3.63, 3.8) is 0 Å². The van der Waals surface area contributed by atoms with Crippen molar-refractivity contribution < 1.29 is 24.0 Å². The summed E-state index contributed by atoms with van der Waals surface area (Å²) in [5.41, 5.74) is 0.324. The molecule has 2 aromatic rings. The van der Waals surface area contributed by atoms with Crippen molar-refractivity contribution in [3.05, 3.63) is 39.7 Å². The van der Waals surface area contributed by atoms with Gasteiger partial charge in [-0.2, -0.15) is 5.10 Å². The molecule has 1 heterocycles. The predicted molar refractivity (Wildman–Crippen MR) is 78.6 cm³/mol. The number of aldehydes is 1. The van der Waals surface area contributed by atoms with E-state index in [4.69, 9.17) is 9.47 Å². The second kappa shape index (κ2) is 6.26. The van der Waals surface area contributed by atoms with E-state index in [0.717, 1.165) is 6.07 Å². The van der Waals surface area contributed by atoms with Crippen molar-refractivity contribution >= 4 is 17.9 Å². The van der Waals surface area contributed by atoms with Gasteiger partial charge in [0.05, 0.1) is 30.9 Å². The molecule has 0 saturated carbocycles. The van der Waals surface area contributed by atoms with E-state index >= 15 is 0 Å². The van der Waals surface area contributed by atoms with Gasteiger partial charge in [-0.1, -0.05) is 0 Å². The molecule has 0 aliphatic rings. The number of hydrogen-bond donors (Lipinski definition) is 0. The molecule has 0 saturated heterocycles. The van der Waals surface area contributed by atoms with Gasteiger partial charge in [0.1, 0.15) is 5.69 Å². The normalized spacial score (nSPS) is 10.2. The van der Waals surface area contributed by atoms with Crippen LogP contribution in [0.3, 0.4) is 0 Å². The molecule has 1 aromatic heterocycles. The molecule has 2 rings (SSSR count). The molecule has 0 atom stereocenters. The van der Waals surface area contributed by atoms with Crippen LogP contribution in [0.2, 0.25) is 0 Å². The van der Waals surface area contributed by atoms with Crippen LogP contribution in [0.25, 0.3) is 11.1 Å². The van der Waals surface area contributed by atoms with E-state index < -0.39 is 10.9 Å². The van der Waals surface area contributed by atoms with Gasteiger partial charge < -0.3 is 9.47 Å². The number of esters is 1. The van der Waals surface area contributed by atoms with Gasteiger partial charge in [0, 0.05) is 30.3 Å². The van der Waals surface area contributed by atoms with Crippen LogP contribution in [0.4, 0.5) is 5.69 Å². The molecule has 120 valence electrons. The number of nitro groups is 1. The van der Waals surface area contributed by atoms with Gasteiger partial charge in [0.25, 0.3) is 0 Å². The fourth-order valence-corrected chi connectivity index (χ4v) is 2.17. The lowest BCUT2D eigenvalue weighted by Gasteiger charge is -2.10. The van der Waals surface area contributed by atoms with E-state index in [1.165, 1.54) is 31.2 Å². The summed E-state index contributed by atoms with van der Waals surface area (Å²) in [6, 6.07) is 2.37. The van der Waals surface area contributed by atoms with Crippen LogP contribution in [0.5, 0.6) is 5.75 Å². The van der Waals surface area contributed by atoms with Crippen LogP contribution in [-0.4, -0.2) is 41.2 Å². The van der Waals surface area contributed by atoms with E-state index in [-0.39, 0.29) is 33.8 Å². The van der Waals surface area contributed by atoms with Crippen LogP contribution < -0.4 is 4.74 Å². The first-order valence-corrected chi connectivity index (χ1v) is 6.36. The number of rotatable bonds is 5. The second-order valence-electron chi connectivity index (χ2n) is 4.50. The summed E-state index contributed by atoms with van der Waals surface area (Å²) < 4.78 is 11.0. The molecule has 0 aliphatic heterocycles. The van der Waals surface area contributed by atoms with Gasteiger partial charge in [-0.3, -0.25) is 19.6 Å². The summed E-state index contributed by atoms with van der Waals surface area (Å²) in [5, 5.41) is 15.1. The Balaban J connectivity index is 2.83. The molecular formula is C14H13N3O6. The first kappa shape index (κ1) is 16.1. The van der Waals surface area contributed by atoms with Crippen molar-refractivity contribution in [1.82, 2.24) is 9.78 Å². The minimum absolute atomic E-state index is 0.0334. The Bertz CT molecular complexity index is 796. The molecule has 9 heteroatoms. The van der Waals surface area contributed by atoms with Crippen LogP contribution >= 0.6 is 0 Å². The third-order valence-electron chi connectivity index (χ3n) is 3.31. The topological polar surface area (TPSA) is 114 Å². The van der Waals surface area contributed by atoms with Crippen LogP contribution in [0, 0.1) is 10.1 Å². The zero-order valence-electron chi connectivity index (χ0n) is 12.6. The predicted octanol–water partition coefficient (Wildman–Crippen LogP) is 1.60. The lowest BCUT2D eigenvalue weighted by atomic mass is 9.98. The summed E-state index contributed by atoms with van der Waals surface area (Å²) >= 11 is 0. The van der Waals surface area contributed by atoms with E-state index in [2.05, 4.69) is 5.10 Å².